The van der Waals surface area contributed by atoms with Crippen LogP contribution in [0.3, 0.4) is 0 Å². The van der Waals surface area contributed by atoms with E-state index in [1.165, 1.54) is 22.7 Å². The average molecular weight is 286 g/mol. The number of carboxylic acids is 1. The number of nitrogens with zero attached hydrogens (tertiary/aromatic N) is 2. The Balaban J connectivity index is 2.42. The molecule has 0 aliphatic carbocycles. The molecule has 100 valence electrons. The first-order chi connectivity index (χ1) is 9.60. The number of benzene rings is 1. The number of fused-ring (bicyclic) bond motifs is 2. The number of hydrogen-bond acceptors (Lipinski definition) is 4. The maximum Gasteiger partial charge on any atom is 0.337 e. The van der Waals surface area contributed by atoms with Crippen molar-refractivity contribution in [1.29, 1.82) is 0 Å². The predicted octanol–water partition coefficient (Wildman–Crippen LogP) is 1.98. The van der Waals surface area contributed by atoms with E-state index in [9.17, 15) is 9.59 Å². The molecule has 3 rings (SSSR count). The molecule has 1 N–H and O–H groups in total. The number of aromatic carboxylic acids is 1. The topological polar surface area (TPSA) is 71.7 Å². The lowest BCUT2D eigenvalue weighted by Crippen LogP contribution is -2.16. The Morgan fingerprint density at radius 3 is 2.80 bits per heavy atom. The molecule has 2 aromatic heterocycles. The van der Waals surface area contributed by atoms with Crippen LogP contribution >= 0.6 is 12.6 Å². The van der Waals surface area contributed by atoms with Crippen molar-refractivity contribution in [3.05, 3.63) is 58.0 Å². The van der Waals surface area contributed by atoms with Gasteiger partial charge in [-0.1, -0.05) is 6.07 Å². The second-order valence-corrected chi connectivity index (χ2v) is 4.69. The molecule has 0 fully saturated rings. The fourth-order valence-corrected chi connectivity index (χ4v) is 2.27. The van der Waals surface area contributed by atoms with Crippen LogP contribution in [0.15, 0.2) is 41.3 Å². The normalized spacial score (nSPS) is 11.1. The molecule has 0 saturated carbocycles. The molecule has 0 saturated heterocycles. The summed E-state index contributed by atoms with van der Waals surface area (Å²) in [6, 6.07) is 8.32. The minimum absolute atomic E-state index is 0.0473. The van der Waals surface area contributed by atoms with Gasteiger partial charge in [-0.15, -0.1) is 0 Å². The quantitative estimate of drug-likeness (QED) is 0.558. The molecule has 1 aromatic carbocycles. The Bertz CT molecular complexity index is 902. The highest BCUT2D eigenvalue weighted by Crippen LogP contribution is 2.14. The van der Waals surface area contributed by atoms with Crippen LogP contribution in [0.25, 0.3) is 16.6 Å². The molecule has 3 aromatic rings. The lowest BCUT2D eigenvalue weighted by molar-refractivity contribution is 0.0696. The van der Waals surface area contributed by atoms with Gasteiger partial charge in [-0.3, -0.25) is 9.20 Å². The van der Waals surface area contributed by atoms with Gasteiger partial charge >= 0.3 is 5.97 Å². The molecule has 0 amide bonds. The highest BCUT2D eigenvalue weighted by Gasteiger charge is 2.09. The van der Waals surface area contributed by atoms with E-state index < -0.39 is 5.97 Å². The lowest BCUT2D eigenvalue weighted by atomic mass is 10.1. The first kappa shape index (κ1) is 12.7. The summed E-state index contributed by atoms with van der Waals surface area (Å²) >= 11 is 4.18. The highest BCUT2D eigenvalue weighted by atomic mass is 32.1. The fraction of sp³-hybridized carbons (Fsp3) is 0.0714. The highest BCUT2D eigenvalue weighted by molar-refractivity contribution is 7.79. The minimum atomic E-state index is -1.08. The minimum Gasteiger partial charge on any atom is -0.478 e. The maximum atomic E-state index is 12.4. The van der Waals surface area contributed by atoms with Crippen LogP contribution in [0.1, 0.15) is 15.9 Å². The van der Waals surface area contributed by atoms with Gasteiger partial charge in [-0.05, 0) is 29.8 Å². The zero-order valence-electron chi connectivity index (χ0n) is 10.3. The number of carboxylic acid groups (broad SMARTS) is 1. The summed E-state index contributed by atoms with van der Waals surface area (Å²) in [6.07, 6.45) is 1.29. The number of aromatic nitrogens is 2. The maximum absolute atomic E-state index is 12.4. The molecule has 0 atom stereocenters. The second kappa shape index (κ2) is 4.64. The molecule has 20 heavy (non-hydrogen) atoms. The number of hydrogen-bond donors (Lipinski definition) is 2. The fourth-order valence-electron chi connectivity index (χ4n) is 2.08. The van der Waals surface area contributed by atoms with E-state index >= 15 is 0 Å². The summed E-state index contributed by atoms with van der Waals surface area (Å²) in [7, 11) is 0. The first-order valence-corrected chi connectivity index (χ1v) is 6.52. The number of thiol groups is 1. The van der Waals surface area contributed by atoms with E-state index in [1.54, 1.807) is 12.1 Å². The standard InChI is InChI=1S/C14H10N2O3S/c17-13-10-5-8(7-20)1-3-11(10)15-12-4-2-9(14(18)19)6-16(12)13/h1-6,20H,7H2,(H,18,19). The molecule has 5 nitrogen and oxygen atoms in total. The first-order valence-electron chi connectivity index (χ1n) is 5.89. The van der Waals surface area contributed by atoms with Crippen molar-refractivity contribution in [2.75, 3.05) is 0 Å². The van der Waals surface area contributed by atoms with Gasteiger partial charge in [-0.25, -0.2) is 9.78 Å². The molecular weight excluding hydrogens is 276 g/mol. The van der Waals surface area contributed by atoms with Crippen LogP contribution < -0.4 is 5.56 Å². The van der Waals surface area contributed by atoms with E-state index in [2.05, 4.69) is 17.6 Å². The third-order valence-electron chi connectivity index (χ3n) is 3.10. The van der Waals surface area contributed by atoms with Crippen LogP contribution in [0.2, 0.25) is 0 Å². The Kier molecular flexibility index (Phi) is 2.94. The molecule has 0 unspecified atom stereocenters. The largest absolute Gasteiger partial charge is 0.478 e. The van der Waals surface area contributed by atoms with Crippen LogP contribution in [-0.4, -0.2) is 20.5 Å². The van der Waals surface area contributed by atoms with Gasteiger partial charge in [0.05, 0.1) is 16.5 Å². The number of rotatable bonds is 2. The van der Waals surface area contributed by atoms with Gasteiger partial charge in [0.15, 0.2) is 0 Å². The zero-order chi connectivity index (χ0) is 14.3. The molecule has 0 bridgehead atoms. The van der Waals surface area contributed by atoms with Crippen molar-refractivity contribution in [1.82, 2.24) is 9.38 Å². The average Bonchev–Trinajstić information content (AvgIpc) is 2.47. The smallest absolute Gasteiger partial charge is 0.337 e. The molecule has 2 heterocycles. The summed E-state index contributed by atoms with van der Waals surface area (Å²) in [5.41, 5.74) is 1.69. The Hall–Kier alpha value is -2.34. The van der Waals surface area contributed by atoms with Crippen LogP contribution in [0.4, 0.5) is 0 Å². The number of pyridine rings is 1. The van der Waals surface area contributed by atoms with Crippen molar-refractivity contribution in [3.63, 3.8) is 0 Å². The van der Waals surface area contributed by atoms with Gasteiger partial charge in [0.25, 0.3) is 5.56 Å². The predicted molar refractivity (Wildman–Crippen MR) is 78.6 cm³/mol. The van der Waals surface area contributed by atoms with Gasteiger partial charge in [-0.2, -0.15) is 12.6 Å². The zero-order valence-corrected chi connectivity index (χ0v) is 11.2. The Labute approximate surface area is 118 Å². The van der Waals surface area contributed by atoms with Crippen molar-refractivity contribution in [2.45, 2.75) is 5.75 Å². The molecule has 0 spiro atoms. The van der Waals surface area contributed by atoms with Gasteiger partial charge < -0.3 is 5.11 Å². The van der Waals surface area contributed by atoms with E-state index in [-0.39, 0.29) is 11.1 Å². The molecule has 6 heteroatoms. The summed E-state index contributed by atoms with van der Waals surface area (Å²) in [5, 5.41) is 9.44. The molecular formula is C14H10N2O3S. The second-order valence-electron chi connectivity index (χ2n) is 4.38. The molecule has 0 aliphatic heterocycles. The van der Waals surface area contributed by atoms with Crippen LogP contribution in [0.5, 0.6) is 0 Å². The Morgan fingerprint density at radius 2 is 2.10 bits per heavy atom. The van der Waals surface area contributed by atoms with Crippen LogP contribution in [0, 0.1) is 0 Å². The van der Waals surface area contributed by atoms with E-state index in [0.717, 1.165) is 5.56 Å². The SMILES string of the molecule is O=C(O)c1ccc2nc3ccc(CS)cc3c(=O)n2c1. The van der Waals surface area contributed by atoms with Crippen molar-refractivity contribution in [3.8, 4) is 0 Å². The van der Waals surface area contributed by atoms with E-state index in [0.29, 0.717) is 22.3 Å². The lowest BCUT2D eigenvalue weighted by Gasteiger charge is -2.05. The molecule has 0 aliphatic rings. The monoisotopic (exact) mass is 286 g/mol. The summed E-state index contributed by atoms with van der Waals surface area (Å²) in [6.45, 7) is 0. The summed E-state index contributed by atoms with van der Waals surface area (Å²) < 4.78 is 1.26. The number of carbonyl (C=O) groups is 1. The van der Waals surface area contributed by atoms with Crippen molar-refractivity contribution in [2.24, 2.45) is 0 Å². The summed E-state index contributed by atoms with van der Waals surface area (Å²) in [5.74, 6) is -0.559. The van der Waals surface area contributed by atoms with Gasteiger partial charge in [0.1, 0.15) is 5.65 Å². The molecule has 0 radical (unpaired) electrons. The van der Waals surface area contributed by atoms with Crippen LogP contribution in [-0.2, 0) is 5.75 Å². The van der Waals surface area contributed by atoms with Gasteiger partial charge in [0, 0.05) is 11.9 Å². The third kappa shape index (κ3) is 1.94. The summed E-state index contributed by atoms with van der Waals surface area (Å²) in [4.78, 5) is 27.8. The Morgan fingerprint density at radius 1 is 1.30 bits per heavy atom. The third-order valence-corrected chi connectivity index (χ3v) is 3.47. The van der Waals surface area contributed by atoms with E-state index in [1.807, 2.05) is 6.07 Å². The van der Waals surface area contributed by atoms with Crippen molar-refractivity contribution < 1.29 is 9.90 Å². The van der Waals surface area contributed by atoms with Crippen molar-refractivity contribution >= 4 is 35.1 Å². The van der Waals surface area contributed by atoms with E-state index in [4.69, 9.17) is 5.11 Å². The van der Waals surface area contributed by atoms with Gasteiger partial charge in [0.2, 0.25) is 0 Å².